The summed E-state index contributed by atoms with van der Waals surface area (Å²) in [5.74, 6) is -1.40. The topological polar surface area (TPSA) is 30.7 Å². The molecule has 8 rings (SSSR count). The van der Waals surface area contributed by atoms with Gasteiger partial charge in [-0.15, -0.1) is 71.8 Å². The smallest absolute Gasteiger partial charge is 0.0774 e. The molecule has 5 aromatic carbocycles. The van der Waals surface area contributed by atoms with Crippen molar-refractivity contribution in [1.29, 1.82) is 0 Å². The van der Waals surface area contributed by atoms with Gasteiger partial charge < -0.3 is 9.55 Å². The van der Waals surface area contributed by atoms with Gasteiger partial charge in [0.25, 0.3) is 0 Å². The van der Waals surface area contributed by atoms with E-state index in [1.165, 1.54) is 0 Å². The maximum Gasteiger partial charge on any atom is 0.0774 e. The summed E-state index contributed by atoms with van der Waals surface area (Å²) in [7, 11) is 0. The number of aromatic nitrogens is 3. The molecule has 2 heterocycles. The first-order valence-electron chi connectivity index (χ1n) is 20.5. The van der Waals surface area contributed by atoms with Crippen molar-refractivity contribution < 1.29 is 24.2 Å². The van der Waals surface area contributed by atoms with Crippen molar-refractivity contribution in [2.75, 3.05) is 0 Å². The van der Waals surface area contributed by atoms with Crippen LogP contribution in [0.3, 0.4) is 0 Å². The van der Waals surface area contributed by atoms with Gasteiger partial charge in [0.05, 0.1) is 16.9 Å². The Morgan fingerprint density at radius 2 is 1.27 bits per heavy atom. The van der Waals surface area contributed by atoms with Crippen LogP contribution in [-0.2, 0) is 20.1 Å². The molecule has 1 aliphatic carbocycles. The molecule has 55 heavy (non-hydrogen) atoms. The van der Waals surface area contributed by atoms with Crippen LogP contribution >= 0.6 is 0 Å². The van der Waals surface area contributed by atoms with Gasteiger partial charge in [-0.1, -0.05) is 116 Å². The van der Waals surface area contributed by atoms with Crippen molar-refractivity contribution in [2.24, 2.45) is 10.8 Å². The van der Waals surface area contributed by atoms with E-state index in [4.69, 9.17) is 9.10 Å². The molecule has 283 valence electrons. The number of fused-ring (bicyclic) bond motifs is 1. The zero-order valence-corrected chi connectivity index (χ0v) is 35.7. The van der Waals surface area contributed by atoms with Gasteiger partial charge in [-0.3, -0.25) is 4.98 Å². The summed E-state index contributed by atoms with van der Waals surface area (Å²) in [6, 6.07) is 49.0. The summed E-state index contributed by atoms with van der Waals surface area (Å²) in [4.78, 5) is 9.41. The third kappa shape index (κ3) is 8.32. The predicted octanol–water partition coefficient (Wildman–Crippen LogP) is 13.9. The van der Waals surface area contributed by atoms with Gasteiger partial charge in [0.2, 0.25) is 0 Å². The molecule has 1 radical (unpaired) electrons. The molecule has 1 aliphatic rings. The Bertz CT molecular complexity index is 2450. The van der Waals surface area contributed by atoms with E-state index >= 15 is 0 Å². The molecule has 0 aliphatic heterocycles. The van der Waals surface area contributed by atoms with E-state index in [-0.39, 0.29) is 30.9 Å². The molecule has 0 spiro atoms. The van der Waals surface area contributed by atoms with Gasteiger partial charge in [-0.05, 0) is 93.1 Å². The van der Waals surface area contributed by atoms with Gasteiger partial charge >= 0.3 is 0 Å². The summed E-state index contributed by atoms with van der Waals surface area (Å²) in [5, 5.41) is 0. The number of para-hydroxylation sites is 3. The van der Waals surface area contributed by atoms with Crippen LogP contribution in [-0.4, -0.2) is 14.5 Å². The van der Waals surface area contributed by atoms with Crippen LogP contribution in [0.25, 0.3) is 50.5 Å². The maximum absolute atomic E-state index is 9.14. The fraction of sp³-hybridized carbons (Fsp3) is 0.294. The summed E-state index contributed by atoms with van der Waals surface area (Å²) in [5.41, 5.74) is 11.0. The minimum Gasteiger partial charge on any atom is -0.333 e. The number of hydrogen-bond acceptors (Lipinski definition) is 2. The molecule has 3 nitrogen and oxygen atoms in total. The first-order valence-corrected chi connectivity index (χ1v) is 19.0. The zero-order valence-electron chi connectivity index (χ0n) is 36.3. The minimum atomic E-state index is -0.834. The average molecular weight is 903 g/mol. The Morgan fingerprint density at radius 1 is 0.691 bits per heavy atom. The van der Waals surface area contributed by atoms with Crippen molar-refractivity contribution in [1.82, 2.24) is 14.5 Å². The molecule has 0 unspecified atom stereocenters. The molecule has 7 aromatic rings. The summed E-state index contributed by atoms with van der Waals surface area (Å²) in [6.07, 6.45) is 3.65. The minimum absolute atomic E-state index is 0. The number of nitrogens with zero attached hydrogens (tertiary/aromatic N) is 3. The average Bonchev–Trinajstić information content (AvgIpc) is 3.65. The maximum atomic E-state index is 9.14. The monoisotopic (exact) mass is 903 g/mol. The van der Waals surface area contributed by atoms with Crippen LogP contribution in [0.15, 0.2) is 134 Å². The fourth-order valence-corrected chi connectivity index (χ4v) is 7.58. The number of imidazole rings is 1. The molecule has 0 N–H and O–H groups in total. The van der Waals surface area contributed by atoms with E-state index in [9.17, 15) is 0 Å². The Kier molecular flexibility index (Phi) is 10.9. The van der Waals surface area contributed by atoms with Crippen molar-refractivity contribution >= 4 is 11.0 Å². The largest absolute Gasteiger partial charge is 0.333 e. The van der Waals surface area contributed by atoms with Crippen molar-refractivity contribution in [2.45, 2.75) is 85.9 Å². The number of rotatable bonds is 7. The molecule has 0 bridgehead atoms. The Balaban J connectivity index is 0.000000192. The van der Waals surface area contributed by atoms with Crippen LogP contribution < -0.4 is 0 Å². The van der Waals surface area contributed by atoms with E-state index in [2.05, 4.69) is 79.7 Å². The SMILES string of the molecule is [2H]C(C)(C)c1cccc(C([2H])(C)C)c1-n1c(-c2[c-]cccc2)nc2ccccc21.[2H]C1(c2ccc(-c3ccnc(-c4[c-]cccc4)c3)cc2)CC(C)(C)C(C)(C)C1.[Ir]. The van der Waals surface area contributed by atoms with E-state index < -0.39 is 17.7 Å². The second-order valence-corrected chi connectivity index (χ2v) is 16.2. The number of hydrogen-bond donors (Lipinski definition) is 0. The Labute approximate surface area is 346 Å². The molecular weight excluding hydrogens is 847 g/mol. The fourth-order valence-electron chi connectivity index (χ4n) is 7.58. The van der Waals surface area contributed by atoms with Gasteiger partial charge in [0.1, 0.15) is 0 Å². The third-order valence-corrected chi connectivity index (χ3v) is 11.4. The van der Waals surface area contributed by atoms with Gasteiger partial charge in [-0.2, -0.15) is 0 Å². The molecular formula is C51H53IrN3-2. The van der Waals surface area contributed by atoms with Crippen molar-refractivity contribution in [3.8, 4) is 39.5 Å². The van der Waals surface area contributed by atoms with Crippen LogP contribution in [0.1, 0.15) is 107 Å². The molecule has 1 saturated carbocycles. The van der Waals surface area contributed by atoms with Crippen molar-refractivity contribution in [3.05, 3.63) is 162 Å². The first-order chi connectivity index (χ1) is 26.9. The molecule has 1 fully saturated rings. The van der Waals surface area contributed by atoms with E-state index in [1.54, 1.807) is 0 Å². The van der Waals surface area contributed by atoms with Crippen LogP contribution in [0.5, 0.6) is 0 Å². The summed E-state index contributed by atoms with van der Waals surface area (Å²) >= 11 is 0. The van der Waals surface area contributed by atoms with E-state index in [1.807, 2.05) is 131 Å². The van der Waals surface area contributed by atoms with E-state index in [0.717, 1.165) is 80.0 Å². The second-order valence-electron chi connectivity index (χ2n) is 16.2. The predicted molar refractivity (Wildman–Crippen MR) is 227 cm³/mol. The normalized spacial score (nSPS) is 16.5. The van der Waals surface area contributed by atoms with Gasteiger partial charge in [0, 0.05) is 36.1 Å². The molecule has 0 atom stereocenters. The second kappa shape index (κ2) is 16.6. The Hall–Kier alpha value is -4.63. The van der Waals surface area contributed by atoms with Crippen LogP contribution in [0.4, 0.5) is 0 Å². The molecule has 0 amide bonds. The molecule has 4 heteroatoms. The first kappa shape index (κ1) is 36.0. The number of pyridine rings is 1. The van der Waals surface area contributed by atoms with Crippen LogP contribution in [0.2, 0.25) is 0 Å². The number of benzene rings is 5. The quantitative estimate of drug-likeness (QED) is 0.149. The van der Waals surface area contributed by atoms with Crippen LogP contribution in [0, 0.1) is 23.0 Å². The third-order valence-electron chi connectivity index (χ3n) is 11.4. The van der Waals surface area contributed by atoms with Crippen molar-refractivity contribution in [3.63, 3.8) is 0 Å². The van der Waals surface area contributed by atoms with Gasteiger partial charge in [-0.25, -0.2) is 0 Å². The van der Waals surface area contributed by atoms with E-state index in [0.29, 0.717) is 0 Å². The molecule has 2 aromatic heterocycles. The summed E-state index contributed by atoms with van der Waals surface area (Å²) in [6.45, 7) is 16.8. The Morgan fingerprint density at radius 3 is 1.85 bits per heavy atom. The zero-order chi connectivity index (χ0) is 40.8. The molecule has 0 saturated heterocycles. The standard InChI is InChI=1S/C26H28N.C25H25N2.Ir/c1-25(2)17-23(18-26(25,3)4)20-12-10-19(11-13-20)22-14-15-27-24(16-22)21-8-6-5-7-9-21;1-17(2)20-13-10-14-21(18(3)4)24(20)27-23-16-9-8-15-22(23)26-25(27)19-11-6-5-7-12-19;/h5-8,10-16,23H,17-18H2,1-4H3;5-11,13-18H,1-4H3;/q2*-1;/i23D;17D,18D;. The summed E-state index contributed by atoms with van der Waals surface area (Å²) < 4.78 is 28.8. The van der Waals surface area contributed by atoms with Gasteiger partial charge in [0.15, 0.2) is 0 Å².